The molecule has 39 heavy (non-hydrogen) atoms. The molecular formula is C28H30F3N5O3. The van der Waals surface area contributed by atoms with Gasteiger partial charge in [0.05, 0.1) is 16.8 Å². The second kappa shape index (κ2) is 10.8. The van der Waals surface area contributed by atoms with E-state index in [4.69, 9.17) is 0 Å². The molecule has 206 valence electrons. The van der Waals surface area contributed by atoms with Crippen LogP contribution in [0.1, 0.15) is 48.7 Å². The molecule has 2 saturated heterocycles. The lowest BCUT2D eigenvalue weighted by atomic mass is 9.96. The van der Waals surface area contributed by atoms with Gasteiger partial charge in [0.2, 0.25) is 11.8 Å². The van der Waals surface area contributed by atoms with Crippen LogP contribution in [-0.2, 0) is 22.7 Å². The van der Waals surface area contributed by atoms with E-state index in [0.29, 0.717) is 48.6 Å². The summed E-state index contributed by atoms with van der Waals surface area (Å²) in [5.41, 5.74) is 2.75. The Morgan fingerprint density at radius 3 is 2.36 bits per heavy atom. The summed E-state index contributed by atoms with van der Waals surface area (Å²) < 4.78 is 40.1. The Hall–Kier alpha value is -3.73. The second-order valence-corrected chi connectivity index (χ2v) is 10.3. The third kappa shape index (κ3) is 5.83. The first-order valence-corrected chi connectivity index (χ1v) is 13.1. The van der Waals surface area contributed by atoms with Crippen LogP contribution < -0.4 is 16.2 Å². The van der Waals surface area contributed by atoms with E-state index in [0.717, 1.165) is 11.1 Å². The maximum atomic E-state index is 13.6. The van der Waals surface area contributed by atoms with E-state index in [1.807, 2.05) is 29.2 Å². The predicted molar refractivity (Wildman–Crippen MR) is 140 cm³/mol. The van der Waals surface area contributed by atoms with Gasteiger partial charge in [-0.05, 0) is 62.5 Å². The van der Waals surface area contributed by atoms with Gasteiger partial charge in [0, 0.05) is 25.2 Å². The summed E-state index contributed by atoms with van der Waals surface area (Å²) in [6, 6.07) is 12.4. The minimum absolute atomic E-state index is 0.135. The van der Waals surface area contributed by atoms with Crippen molar-refractivity contribution in [1.29, 1.82) is 0 Å². The summed E-state index contributed by atoms with van der Waals surface area (Å²) in [5.74, 6) is -1.66. The van der Waals surface area contributed by atoms with Crippen molar-refractivity contribution < 1.29 is 22.8 Å². The molecule has 0 aliphatic carbocycles. The van der Waals surface area contributed by atoms with Gasteiger partial charge >= 0.3 is 6.18 Å². The number of aryl methyl sites for hydroxylation is 1. The van der Waals surface area contributed by atoms with Gasteiger partial charge in [0.15, 0.2) is 0 Å². The van der Waals surface area contributed by atoms with Crippen molar-refractivity contribution in [2.24, 2.45) is 5.92 Å². The number of likely N-dealkylation sites (tertiary alicyclic amines) is 1. The largest absolute Gasteiger partial charge is 0.391 e. The highest BCUT2D eigenvalue weighted by atomic mass is 19.4. The van der Waals surface area contributed by atoms with Gasteiger partial charge in [-0.25, -0.2) is 4.98 Å². The summed E-state index contributed by atoms with van der Waals surface area (Å²) in [5, 5.41) is 5.98. The molecule has 2 aromatic carbocycles. The molecule has 2 aliphatic heterocycles. The van der Waals surface area contributed by atoms with Gasteiger partial charge in [-0.15, -0.1) is 0 Å². The van der Waals surface area contributed by atoms with Crippen molar-refractivity contribution in [3.63, 3.8) is 0 Å². The molecule has 0 spiro atoms. The first kappa shape index (κ1) is 26.9. The Kier molecular flexibility index (Phi) is 7.44. The number of imide groups is 1. The number of carbonyl (C=O) groups is 2. The minimum atomic E-state index is -4.11. The number of nitrogens with one attached hydrogen (secondary N) is 2. The fraction of sp³-hybridized carbons (Fsp3) is 0.429. The Morgan fingerprint density at radius 1 is 1.00 bits per heavy atom. The zero-order chi connectivity index (χ0) is 27.7. The van der Waals surface area contributed by atoms with Crippen molar-refractivity contribution >= 4 is 28.4 Å². The van der Waals surface area contributed by atoms with Crippen LogP contribution in [0.4, 0.5) is 18.9 Å². The number of nitrogens with zero attached hydrogens (tertiary/aromatic N) is 3. The van der Waals surface area contributed by atoms with Crippen LogP contribution in [0.5, 0.6) is 0 Å². The number of carbonyl (C=O) groups excluding carboxylic acids is 2. The molecule has 0 bridgehead atoms. The van der Waals surface area contributed by atoms with Crippen molar-refractivity contribution in [2.45, 2.75) is 57.9 Å². The average Bonchev–Trinajstić information content (AvgIpc) is 2.89. The number of fused-ring (bicyclic) bond motifs is 1. The molecule has 1 atom stereocenters. The molecule has 2 aliphatic rings. The molecule has 11 heteroatoms. The third-order valence-corrected chi connectivity index (χ3v) is 7.59. The lowest BCUT2D eigenvalue weighted by Crippen LogP contribution is -2.45. The number of piperidine rings is 2. The maximum Gasteiger partial charge on any atom is 0.391 e. The standard InChI is InChI=1S/C28H30F3N5O3/c1-17-33-22-4-2-3-21(25(22)27(39)36(17)23-9-10-24(37)34-26(23)38)32-15-18-5-7-19(8-6-18)16-35-13-11-20(12-14-35)28(29,30)31/h2-8,20,23,32H,9-16H2,1H3,(H,34,37,38). The average molecular weight is 542 g/mol. The van der Waals surface area contributed by atoms with Crippen molar-refractivity contribution in [3.8, 4) is 0 Å². The zero-order valence-corrected chi connectivity index (χ0v) is 21.6. The highest BCUT2D eigenvalue weighted by Crippen LogP contribution is 2.34. The van der Waals surface area contributed by atoms with E-state index in [1.54, 1.807) is 25.1 Å². The first-order valence-electron chi connectivity index (χ1n) is 13.1. The molecule has 8 nitrogen and oxygen atoms in total. The predicted octanol–water partition coefficient (Wildman–Crippen LogP) is 4.07. The Balaban J connectivity index is 1.28. The third-order valence-electron chi connectivity index (χ3n) is 7.59. The zero-order valence-electron chi connectivity index (χ0n) is 21.6. The lowest BCUT2D eigenvalue weighted by molar-refractivity contribution is -0.185. The van der Waals surface area contributed by atoms with E-state index in [1.165, 1.54) is 4.57 Å². The Morgan fingerprint density at radius 2 is 1.69 bits per heavy atom. The molecule has 0 radical (unpaired) electrons. The molecule has 2 fully saturated rings. The highest BCUT2D eigenvalue weighted by molar-refractivity contribution is 5.99. The number of hydrogen-bond donors (Lipinski definition) is 2. The monoisotopic (exact) mass is 541 g/mol. The molecule has 3 aromatic rings. The van der Waals surface area contributed by atoms with E-state index in [9.17, 15) is 27.6 Å². The molecule has 2 amide bonds. The van der Waals surface area contributed by atoms with Crippen LogP contribution >= 0.6 is 0 Å². The summed E-state index contributed by atoms with van der Waals surface area (Å²) in [6.45, 7) is 3.57. The van der Waals surface area contributed by atoms with E-state index < -0.39 is 24.0 Å². The van der Waals surface area contributed by atoms with Crippen LogP contribution in [0.15, 0.2) is 47.3 Å². The van der Waals surface area contributed by atoms with Gasteiger partial charge in [0.25, 0.3) is 5.56 Å². The topological polar surface area (TPSA) is 96.3 Å². The molecule has 5 rings (SSSR count). The van der Waals surface area contributed by atoms with Crippen molar-refractivity contribution in [2.75, 3.05) is 18.4 Å². The number of halogens is 3. The Labute approximate surface area is 223 Å². The second-order valence-electron chi connectivity index (χ2n) is 10.3. The van der Waals surface area contributed by atoms with Gasteiger partial charge in [-0.3, -0.25) is 29.2 Å². The molecule has 2 N–H and O–H groups in total. The quantitative estimate of drug-likeness (QED) is 0.457. The van der Waals surface area contributed by atoms with Crippen LogP contribution in [0.3, 0.4) is 0 Å². The number of alkyl halides is 3. The van der Waals surface area contributed by atoms with E-state index in [2.05, 4.69) is 15.6 Å². The van der Waals surface area contributed by atoms with Gasteiger partial charge in [0.1, 0.15) is 11.9 Å². The number of amides is 2. The summed E-state index contributed by atoms with van der Waals surface area (Å²) >= 11 is 0. The molecule has 3 heterocycles. The SMILES string of the molecule is Cc1nc2cccc(NCc3ccc(CN4CCC(C(F)(F)F)CC4)cc3)c2c(=O)n1C1CCC(=O)NC1=O. The molecular weight excluding hydrogens is 511 g/mol. The summed E-state index contributed by atoms with van der Waals surface area (Å²) in [7, 11) is 0. The normalized spacial score (nSPS) is 19.3. The summed E-state index contributed by atoms with van der Waals surface area (Å²) in [6.07, 6.45) is -3.45. The van der Waals surface area contributed by atoms with Crippen LogP contribution in [0.25, 0.3) is 10.9 Å². The van der Waals surface area contributed by atoms with Gasteiger partial charge in [-0.1, -0.05) is 30.3 Å². The van der Waals surface area contributed by atoms with E-state index in [-0.39, 0.29) is 37.1 Å². The van der Waals surface area contributed by atoms with Gasteiger partial charge < -0.3 is 5.32 Å². The number of benzene rings is 2. The highest BCUT2D eigenvalue weighted by Gasteiger charge is 2.41. The van der Waals surface area contributed by atoms with Crippen LogP contribution in [-0.4, -0.2) is 45.5 Å². The van der Waals surface area contributed by atoms with Crippen molar-refractivity contribution in [3.05, 3.63) is 69.8 Å². The smallest absolute Gasteiger partial charge is 0.380 e. The fourth-order valence-electron chi connectivity index (χ4n) is 5.43. The Bertz CT molecular complexity index is 1440. The summed E-state index contributed by atoms with van der Waals surface area (Å²) in [4.78, 5) is 44.2. The lowest BCUT2D eigenvalue weighted by Gasteiger charge is -2.32. The molecule has 1 aromatic heterocycles. The van der Waals surface area contributed by atoms with Crippen molar-refractivity contribution in [1.82, 2.24) is 19.8 Å². The maximum absolute atomic E-state index is 13.6. The fourth-order valence-corrected chi connectivity index (χ4v) is 5.43. The van der Waals surface area contributed by atoms with Gasteiger partial charge in [-0.2, -0.15) is 13.2 Å². The molecule has 1 unspecified atom stereocenters. The molecule has 0 saturated carbocycles. The number of hydrogen-bond acceptors (Lipinski definition) is 6. The first-order chi connectivity index (χ1) is 18.6. The number of anilines is 1. The minimum Gasteiger partial charge on any atom is -0.380 e. The number of rotatable bonds is 6. The van der Waals surface area contributed by atoms with E-state index >= 15 is 0 Å². The van der Waals surface area contributed by atoms with Crippen LogP contribution in [0.2, 0.25) is 0 Å². The number of aromatic nitrogens is 2. The van der Waals surface area contributed by atoms with Crippen LogP contribution in [0, 0.1) is 12.8 Å².